The molecular weight excluding hydrogens is 841 g/mol. The Bertz CT molecular complexity index is 1450. The molecule has 1 unspecified atom stereocenters. The van der Waals surface area contributed by atoms with Crippen molar-refractivity contribution in [2.24, 2.45) is 0 Å². The number of esters is 3. The minimum Gasteiger partial charge on any atom is -0.462 e. The molecule has 6 heteroatoms. The maximum atomic E-state index is 12.7. The summed E-state index contributed by atoms with van der Waals surface area (Å²) in [5.41, 5.74) is 0. The minimum atomic E-state index is -0.794. The van der Waals surface area contributed by atoms with E-state index in [1.165, 1.54) is 51.4 Å². The van der Waals surface area contributed by atoms with E-state index < -0.39 is 6.10 Å². The van der Waals surface area contributed by atoms with Gasteiger partial charge in [-0.3, -0.25) is 14.4 Å². The molecule has 0 radical (unpaired) electrons. The first-order valence-electron chi connectivity index (χ1n) is 27.5. The third kappa shape index (κ3) is 52.8. The van der Waals surface area contributed by atoms with Gasteiger partial charge in [0.05, 0.1) is 0 Å². The van der Waals surface area contributed by atoms with Crippen LogP contribution in [0.25, 0.3) is 0 Å². The Kier molecular flexibility index (Phi) is 52.0. The van der Waals surface area contributed by atoms with Crippen molar-refractivity contribution in [2.45, 2.75) is 239 Å². The van der Waals surface area contributed by atoms with E-state index in [0.29, 0.717) is 19.3 Å². The molecule has 0 aromatic heterocycles. The van der Waals surface area contributed by atoms with Gasteiger partial charge >= 0.3 is 17.9 Å². The number of ether oxygens (including phenoxy) is 3. The molecule has 0 aromatic carbocycles. The van der Waals surface area contributed by atoms with Gasteiger partial charge in [-0.25, -0.2) is 0 Å². The predicted molar refractivity (Wildman–Crippen MR) is 293 cm³/mol. The zero-order valence-electron chi connectivity index (χ0n) is 43.8. The van der Waals surface area contributed by atoms with Crippen LogP contribution in [0.3, 0.4) is 0 Å². The molecule has 6 nitrogen and oxygen atoms in total. The first-order chi connectivity index (χ1) is 33.5. The summed E-state index contributed by atoms with van der Waals surface area (Å²) in [7, 11) is 0. The number of hydrogen-bond donors (Lipinski definition) is 0. The fraction of sp³-hybridized carbons (Fsp3) is 0.629. The van der Waals surface area contributed by atoms with Gasteiger partial charge in [0, 0.05) is 19.3 Å². The molecule has 0 aliphatic carbocycles. The average Bonchev–Trinajstić information content (AvgIpc) is 3.34. The number of allylic oxidation sites excluding steroid dienone is 20. The number of unbranched alkanes of at least 4 members (excludes halogenated alkanes) is 17. The van der Waals surface area contributed by atoms with Crippen LogP contribution in [0.1, 0.15) is 233 Å². The van der Waals surface area contributed by atoms with Gasteiger partial charge in [0.2, 0.25) is 0 Å². The predicted octanol–water partition coefficient (Wildman–Crippen LogP) is 18.5. The second kappa shape index (κ2) is 55.4. The standard InChI is InChI=1S/C62H100O6/c1-4-7-10-13-16-19-21-22-23-24-25-26-27-28-29-30-31-32-33-34-35-36-37-38-39-40-41-44-46-49-52-55-61(64)67-58-59(57-66-60(63)54-51-48-45-42-18-15-12-9-6-3)68-62(65)56-53-50-47-43-20-17-14-11-8-5-2/h7,10-11,14,16,19,22-23,25-26,28-29,31-32,34-35,37-38,40-41,59H,4-6,8-9,12-13,15,17-18,20-21,24,27,30,33,36,39,42-58H2,1-3H3/b10-7-,14-11-,19-16-,23-22-,26-25-,29-28-,32-31-,35-34-,38-37-,41-40-. The van der Waals surface area contributed by atoms with Gasteiger partial charge < -0.3 is 14.2 Å². The first kappa shape index (κ1) is 63.8. The van der Waals surface area contributed by atoms with Crippen molar-refractivity contribution in [2.75, 3.05) is 13.2 Å². The molecule has 68 heavy (non-hydrogen) atoms. The number of hydrogen-bond acceptors (Lipinski definition) is 6. The van der Waals surface area contributed by atoms with Crippen LogP contribution >= 0.6 is 0 Å². The van der Waals surface area contributed by atoms with Gasteiger partial charge in [-0.2, -0.15) is 0 Å². The molecule has 0 saturated carbocycles. The molecule has 0 bridgehead atoms. The van der Waals surface area contributed by atoms with E-state index in [1.54, 1.807) is 0 Å². The number of carbonyl (C=O) groups is 3. The van der Waals surface area contributed by atoms with Crippen molar-refractivity contribution in [3.05, 3.63) is 122 Å². The monoisotopic (exact) mass is 941 g/mol. The van der Waals surface area contributed by atoms with E-state index in [2.05, 4.69) is 142 Å². The maximum Gasteiger partial charge on any atom is 0.306 e. The lowest BCUT2D eigenvalue weighted by Gasteiger charge is -2.18. The summed E-state index contributed by atoms with van der Waals surface area (Å²) in [4.78, 5) is 37.8. The fourth-order valence-corrected chi connectivity index (χ4v) is 7.08. The molecule has 0 aromatic rings. The Morgan fingerprint density at radius 3 is 0.985 bits per heavy atom. The van der Waals surface area contributed by atoms with Crippen molar-refractivity contribution in [1.82, 2.24) is 0 Å². The van der Waals surface area contributed by atoms with E-state index in [0.717, 1.165) is 141 Å². The highest BCUT2D eigenvalue weighted by Crippen LogP contribution is 2.13. The summed E-state index contributed by atoms with van der Waals surface area (Å²) in [6.07, 6.45) is 76.4. The summed E-state index contributed by atoms with van der Waals surface area (Å²) in [5.74, 6) is -0.948. The van der Waals surface area contributed by atoms with Gasteiger partial charge in [-0.05, 0) is 109 Å². The van der Waals surface area contributed by atoms with Crippen molar-refractivity contribution < 1.29 is 28.6 Å². The number of carbonyl (C=O) groups excluding carboxylic acids is 3. The lowest BCUT2D eigenvalue weighted by Crippen LogP contribution is -2.30. The highest BCUT2D eigenvalue weighted by molar-refractivity contribution is 5.71. The lowest BCUT2D eigenvalue weighted by molar-refractivity contribution is -0.167. The van der Waals surface area contributed by atoms with E-state index in [9.17, 15) is 14.4 Å². The van der Waals surface area contributed by atoms with Gasteiger partial charge in [-0.1, -0.05) is 226 Å². The minimum absolute atomic E-state index is 0.0931. The van der Waals surface area contributed by atoms with Crippen molar-refractivity contribution in [3.63, 3.8) is 0 Å². The molecule has 0 rings (SSSR count). The topological polar surface area (TPSA) is 78.9 Å². The molecule has 1 atom stereocenters. The molecule has 0 fully saturated rings. The highest BCUT2D eigenvalue weighted by Gasteiger charge is 2.19. The fourth-order valence-electron chi connectivity index (χ4n) is 7.08. The Balaban J connectivity index is 4.25. The average molecular weight is 941 g/mol. The summed E-state index contributed by atoms with van der Waals surface area (Å²) < 4.78 is 16.7. The second-order valence-electron chi connectivity index (χ2n) is 17.8. The van der Waals surface area contributed by atoms with Crippen LogP contribution in [0, 0.1) is 0 Å². The second-order valence-corrected chi connectivity index (χ2v) is 17.8. The highest BCUT2D eigenvalue weighted by atomic mass is 16.6. The van der Waals surface area contributed by atoms with Gasteiger partial charge in [0.25, 0.3) is 0 Å². The first-order valence-corrected chi connectivity index (χ1v) is 27.5. The molecular formula is C62H100O6. The van der Waals surface area contributed by atoms with E-state index in [4.69, 9.17) is 14.2 Å². The normalized spacial score (nSPS) is 13.0. The summed E-state index contributed by atoms with van der Waals surface area (Å²) >= 11 is 0. The van der Waals surface area contributed by atoms with E-state index in [1.807, 2.05) is 0 Å². The smallest absolute Gasteiger partial charge is 0.306 e. The molecule has 0 heterocycles. The third-order valence-corrected chi connectivity index (χ3v) is 11.2. The van der Waals surface area contributed by atoms with Crippen molar-refractivity contribution in [1.29, 1.82) is 0 Å². The Labute approximate surface area is 418 Å². The van der Waals surface area contributed by atoms with Crippen LogP contribution < -0.4 is 0 Å². The van der Waals surface area contributed by atoms with Crippen molar-refractivity contribution >= 4 is 17.9 Å². The largest absolute Gasteiger partial charge is 0.462 e. The molecule has 384 valence electrons. The van der Waals surface area contributed by atoms with E-state index >= 15 is 0 Å². The molecule has 0 amide bonds. The van der Waals surface area contributed by atoms with Crippen molar-refractivity contribution in [3.8, 4) is 0 Å². The van der Waals surface area contributed by atoms with Crippen LogP contribution in [0.5, 0.6) is 0 Å². The maximum absolute atomic E-state index is 12.7. The molecule has 0 saturated heterocycles. The summed E-state index contributed by atoms with van der Waals surface area (Å²) in [6, 6.07) is 0. The van der Waals surface area contributed by atoms with Gasteiger partial charge in [-0.15, -0.1) is 0 Å². The summed E-state index contributed by atoms with van der Waals surface area (Å²) in [6.45, 7) is 6.39. The van der Waals surface area contributed by atoms with E-state index in [-0.39, 0.29) is 31.1 Å². The van der Waals surface area contributed by atoms with Crippen LogP contribution in [0.2, 0.25) is 0 Å². The van der Waals surface area contributed by atoms with Crippen LogP contribution in [-0.4, -0.2) is 37.2 Å². The zero-order chi connectivity index (χ0) is 49.3. The number of rotatable bonds is 48. The molecule has 0 aliphatic heterocycles. The molecule has 0 N–H and O–H groups in total. The van der Waals surface area contributed by atoms with Crippen LogP contribution in [0.4, 0.5) is 0 Å². The van der Waals surface area contributed by atoms with Gasteiger partial charge in [0.1, 0.15) is 13.2 Å². The summed E-state index contributed by atoms with van der Waals surface area (Å²) in [5, 5.41) is 0. The Hall–Kier alpha value is -4.19. The van der Waals surface area contributed by atoms with Crippen LogP contribution in [0.15, 0.2) is 122 Å². The molecule has 0 aliphatic rings. The Morgan fingerprint density at radius 2 is 0.603 bits per heavy atom. The Morgan fingerprint density at radius 1 is 0.309 bits per heavy atom. The third-order valence-electron chi connectivity index (χ3n) is 11.2. The van der Waals surface area contributed by atoms with Crippen LogP contribution in [-0.2, 0) is 28.6 Å². The SMILES string of the molecule is CC/C=C\C/C=C\C/C=C\C/C=C\C/C=C\C/C=C\C/C=C\C/C=C\C/C=C\CCCCCC(=O)OCC(COC(=O)CCCCCCCCCCC)OC(=O)CCCCCCC/C=C\CCC. The lowest BCUT2D eigenvalue weighted by atomic mass is 10.1. The van der Waals surface area contributed by atoms with Gasteiger partial charge in [0.15, 0.2) is 6.10 Å². The zero-order valence-corrected chi connectivity index (χ0v) is 43.8. The quantitative estimate of drug-likeness (QED) is 0.0262. The molecule has 0 spiro atoms.